The van der Waals surface area contributed by atoms with Crippen molar-refractivity contribution in [3.8, 4) is 0 Å². The molecule has 24 heavy (non-hydrogen) atoms. The summed E-state index contributed by atoms with van der Waals surface area (Å²) < 4.78 is 39.0. The molecule has 0 unspecified atom stereocenters. The predicted molar refractivity (Wildman–Crippen MR) is 81.0 cm³/mol. The van der Waals surface area contributed by atoms with Gasteiger partial charge in [-0.15, -0.1) is 5.10 Å². The Morgan fingerprint density at radius 2 is 1.96 bits per heavy atom. The van der Waals surface area contributed by atoms with Gasteiger partial charge in [-0.3, -0.25) is 9.36 Å². The second-order valence-electron chi connectivity index (χ2n) is 4.92. The summed E-state index contributed by atoms with van der Waals surface area (Å²) in [5.41, 5.74) is -0.0557. The first-order valence-electron chi connectivity index (χ1n) is 7.01. The quantitative estimate of drug-likeness (QED) is 0.837. The molecule has 1 heterocycles. The normalized spacial score (nSPS) is 11.8. The third kappa shape index (κ3) is 4.34. The molecule has 2 rings (SSSR count). The van der Waals surface area contributed by atoms with Gasteiger partial charge in [0.15, 0.2) is 0 Å². The van der Waals surface area contributed by atoms with E-state index in [9.17, 15) is 22.8 Å². The molecule has 128 valence electrons. The summed E-state index contributed by atoms with van der Waals surface area (Å²) in [5, 5.41) is 5.72. The zero-order valence-electron chi connectivity index (χ0n) is 12.7. The highest BCUT2D eigenvalue weighted by molar-refractivity contribution is 5.91. The van der Waals surface area contributed by atoms with E-state index < -0.39 is 23.6 Å². The molecule has 9 heteroatoms. The van der Waals surface area contributed by atoms with Crippen LogP contribution < -0.4 is 11.0 Å². The van der Waals surface area contributed by atoms with Gasteiger partial charge in [-0.05, 0) is 11.6 Å². The van der Waals surface area contributed by atoms with E-state index >= 15 is 0 Å². The van der Waals surface area contributed by atoms with Gasteiger partial charge in [0.05, 0.1) is 6.54 Å². The molecule has 0 bridgehead atoms. The summed E-state index contributed by atoms with van der Waals surface area (Å²) in [6.45, 7) is -0.181. The molecule has 1 aromatic carbocycles. The number of alkyl halides is 3. The standard InChI is InChI=1S/C15H15F3N4O2/c1-21-13(15(16,17)18)20-22(14(21)24)10-9-19-12(23)8-7-11-5-3-2-4-6-11/h2-8H,9-10H2,1H3,(H,19,23). The Morgan fingerprint density at radius 3 is 2.54 bits per heavy atom. The molecule has 0 saturated heterocycles. The summed E-state index contributed by atoms with van der Waals surface area (Å²) in [6, 6.07) is 9.12. The third-order valence-electron chi connectivity index (χ3n) is 3.14. The van der Waals surface area contributed by atoms with Gasteiger partial charge in [0.25, 0.3) is 0 Å². The van der Waals surface area contributed by atoms with Crippen molar-refractivity contribution in [2.45, 2.75) is 12.7 Å². The number of hydrogen-bond donors (Lipinski definition) is 1. The van der Waals surface area contributed by atoms with Crippen LogP contribution >= 0.6 is 0 Å². The molecule has 0 aliphatic carbocycles. The molecule has 0 spiro atoms. The smallest absolute Gasteiger partial charge is 0.351 e. The largest absolute Gasteiger partial charge is 0.451 e. The lowest BCUT2D eigenvalue weighted by Crippen LogP contribution is -2.31. The number of benzene rings is 1. The predicted octanol–water partition coefficient (Wildman–Crippen LogP) is 1.43. The van der Waals surface area contributed by atoms with Crippen LogP contribution in [0.5, 0.6) is 0 Å². The number of aromatic nitrogens is 3. The van der Waals surface area contributed by atoms with Crippen LogP contribution in [-0.2, 0) is 24.6 Å². The van der Waals surface area contributed by atoms with Crippen molar-refractivity contribution in [1.29, 1.82) is 0 Å². The second kappa shape index (κ2) is 7.16. The number of carbonyl (C=O) groups is 1. The van der Waals surface area contributed by atoms with Crippen LogP contribution in [0.1, 0.15) is 11.4 Å². The average Bonchev–Trinajstić information content (AvgIpc) is 2.82. The topological polar surface area (TPSA) is 68.9 Å². The zero-order valence-corrected chi connectivity index (χ0v) is 12.7. The van der Waals surface area contributed by atoms with Crippen LogP contribution in [0.15, 0.2) is 41.2 Å². The summed E-state index contributed by atoms with van der Waals surface area (Å²) in [4.78, 5) is 23.3. The van der Waals surface area contributed by atoms with Gasteiger partial charge in [-0.1, -0.05) is 30.3 Å². The highest BCUT2D eigenvalue weighted by Gasteiger charge is 2.37. The minimum Gasteiger partial charge on any atom is -0.351 e. The molecule has 6 nitrogen and oxygen atoms in total. The first-order valence-corrected chi connectivity index (χ1v) is 7.01. The van der Waals surface area contributed by atoms with Gasteiger partial charge in [0.1, 0.15) is 0 Å². The molecule has 1 aromatic heterocycles. The number of halogens is 3. The molecule has 1 amide bonds. The van der Waals surface area contributed by atoms with Gasteiger partial charge < -0.3 is 5.32 Å². The molecule has 0 fully saturated rings. The van der Waals surface area contributed by atoms with Crippen molar-refractivity contribution >= 4 is 12.0 Å². The number of carbonyl (C=O) groups excluding carboxylic acids is 1. The van der Waals surface area contributed by atoms with E-state index in [1.54, 1.807) is 6.08 Å². The summed E-state index contributed by atoms with van der Waals surface area (Å²) >= 11 is 0. The summed E-state index contributed by atoms with van der Waals surface area (Å²) in [5.74, 6) is -1.69. The molecular weight excluding hydrogens is 325 g/mol. The minimum atomic E-state index is -4.71. The van der Waals surface area contributed by atoms with E-state index in [1.165, 1.54) is 6.08 Å². The van der Waals surface area contributed by atoms with Gasteiger partial charge >= 0.3 is 11.9 Å². The Labute approximate surface area is 135 Å². The lowest BCUT2D eigenvalue weighted by Gasteiger charge is -2.03. The van der Waals surface area contributed by atoms with Crippen LogP contribution in [-0.4, -0.2) is 26.8 Å². The van der Waals surface area contributed by atoms with Crippen LogP contribution in [0, 0.1) is 0 Å². The van der Waals surface area contributed by atoms with Crippen LogP contribution in [0.2, 0.25) is 0 Å². The lowest BCUT2D eigenvalue weighted by molar-refractivity contribution is -0.147. The fourth-order valence-corrected chi connectivity index (χ4v) is 1.96. The van der Waals surface area contributed by atoms with Gasteiger partial charge in [0.2, 0.25) is 11.7 Å². The molecule has 2 aromatic rings. The van der Waals surface area contributed by atoms with Crippen molar-refractivity contribution in [3.05, 3.63) is 58.3 Å². The summed E-state index contributed by atoms with van der Waals surface area (Å²) in [7, 11) is 0.996. The highest BCUT2D eigenvalue weighted by Crippen LogP contribution is 2.25. The number of rotatable bonds is 5. The van der Waals surface area contributed by atoms with Gasteiger partial charge in [0, 0.05) is 19.7 Å². The Morgan fingerprint density at radius 1 is 1.29 bits per heavy atom. The maximum absolute atomic E-state index is 12.6. The van der Waals surface area contributed by atoms with Crippen LogP contribution in [0.3, 0.4) is 0 Å². The van der Waals surface area contributed by atoms with E-state index in [0.717, 1.165) is 12.6 Å². The summed E-state index contributed by atoms with van der Waals surface area (Å²) in [6.07, 6.45) is -1.80. The van der Waals surface area contributed by atoms with E-state index in [4.69, 9.17) is 0 Å². The Balaban J connectivity index is 1.92. The van der Waals surface area contributed by atoms with E-state index in [0.29, 0.717) is 9.25 Å². The maximum atomic E-state index is 12.6. The van der Waals surface area contributed by atoms with E-state index in [2.05, 4.69) is 10.4 Å². The average molecular weight is 340 g/mol. The van der Waals surface area contributed by atoms with Gasteiger partial charge in [-0.2, -0.15) is 13.2 Å². The van der Waals surface area contributed by atoms with Crippen LogP contribution in [0.25, 0.3) is 6.08 Å². The van der Waals surface area contributed by atoms with Gasteiger partial charge in [-0.25, -0.2) is 9.48 Å². The fraction of sp³-hybridized carbons (Fsp3) is 0.267. The minimum absolute atomic E-state index is 0.0216. The van der Waals surface area contributed by atoms with E-state index in [1.807, 2.05) is 30.3 Å². The maximum Gasteiger partial charge on any atom is 0.451 e. The fourth-order valence-electron chi connectivity index (χ4n) is 1.96. The molecule has 0 atom stereocenters. The first kappa shape index (κ1) is 17.5. The Bertz CT molecular complexity index is 791. The van der Waals surface area contributed by atoms with Crippen molar-refractivity contribution < 1.29 is 18.0 Å². The molecular formula is C15H15F3N4O2. The third-order valence-corrected chi connectivity index (χ3v) is 3.14. The first-order chi connectivity index (χ1) is 11.3. The van der Waals surface area contributed by atoms with Crippen molar-refractivity contribution in [1.82, 2.24) is 19.7 Å². The second-order valence-corrected chi connectivity index (χ2v) is 4.92. The zero-order chi connectivity index (χ0) is 17.7. The molecule has 0 saturated carbocycles. The Hall–Kier alpha value is -2.84. The van der Waals surface area contributed by atoms with Crippen LogP contribution in [0.4, 0.5) is 13.2 Å². The van der Waals surface area contributed by atoms with Crippen molar-refractivity contribution in [2.75, 3.05) is 6.54 Å². The molecule has 1 N–H and O–H groups in total. The number of nitrogens with zero attached hydrogens (tertiary/aromatic N) is 3. The van der Waals surface area contributed by atoms with Crippen molar-refractivity contribution in [3.63, 3.8) is 0 Å². The number of amides is 1. The molecule has 0 aliphatic heterocycles. The SMILES string of the molecule is Cn1c(C(F)(F)F)nn(CCNC(=O)C=Cc2ccccc2)c1=O. The monoisotopic (exact) mass is 340 g/mol. The lowest BCUT2D eigenvalue weighted by atomic mass is 10.2. The number of nitrogens with one attached hydrogen (secondary N) is 1. The Kier molecular flexibility index (Phi) is 5.22. The molecule has 0 aliphatic rings. The van der Waals surface area contributed by atoms with Crippen molar-refractivity contribution in [2.24, 2.45) is 7.05 Å². The van der Waals surface area contributed by atoms with E-state index in [-0.39, 0.29) is 13.1 Å². The highest BCUT2D eigenvalue weighted by atomic mass is 19.4. The number of hydrogen-bond acceptors (Lipinski definition) is 3. The molecule has 0 radical (unpaired) electrons.